The molecule has 2 heterocycles. The van der Waals surface area contributed by atoms with E-state index in [2.05, 4.69) is 0 Å². The normalized spacial score (nSPS) is 27.5. The zero-order valence-corrected chi connectivity index (χ0v) is 13.2. The molecule has 0 aliphatic carbocycles. The Labute approximate surface area is 131 Å². The second-order valence-corrected chi connectivity index (χ2v) is 5.73. The van der Waals surface area contributed by atoms with E-state index in [1.165, 1.54) is 0 Å². The third-order valence-corrected chi connectivity index (χ3v) is 4.44. The number of ether oxygens (including phenoxy) is 3. The average Bonchev–Trinajstić information content (AvgIpc) is 2.93. The SMILES string of the molecule is CCO[C@@H]1CN(C(=O)c2cccc(OC)c2)[C@H]2CCCO[C@@H]12. The monoisotopic (exact) mass is 305 g/mol. The summed E-state index contributed by atoms with van der Waals surface area (Å²) in [5.74, 6) is 0.726. The molecule has 1 amide bonds. The number of carbonyl (C=O) groups is 1. The first-order valence-electron chi connectivity index (χ1n) is 7.92. The van der Waals surface area contributed by atoms with Crippen LogP contribution >= 0.6 is 0 Å². The highest BCUT2D eigenvalue weighted by atomic mass is 16.5. The number of methoxy groups -OCH3 is 1. The van der Waals surface area contributed by atoms with Crippen LogP contribution in [-0.2, 0) is 9.47 Å². The number of amides is 1. The summed E-state index contributed by atoms with van der Waals surface area (Å²) in [7, 11) is 1.61. The van der Waals surface area contributed by atoms with Gasteiger partial charge in [-0.25, -0.2) is 0 Å². The van der Waals surface area contributed by atoms with Crippen LogP contribution in [0.5, 0.6) is 5.75 Å². The number of likely N-dealkylation sites (tertiary alicyclic amines) is 1. The van der Waals surface area contributed by atoms with Crippen LogP contribution in [0.4, 0.5) is 0 Å². The fourth-order valence-corrected chi connectivity index (χ4v) is 3.43. The first kappa shape index (κ1) is 15.3. The van der Waals surface area contributed by atoms with Crippen LogP contribution in [0, 0.1) is 0 Å². The lowest BCUT2D eigenvalue weighted by Crippen LogP contribution is -2.43. The third-order valence-electron chi connectivity index (χ3n) is 4.44. The molecule has 2 aliphatic heterocycles. The van der Waals surface area contributed by atoms with Crippen molar-refractivity contribution >= 4 is 5.91 Å². The van der Waals surface area contributed by atoms with Gasteiger partial charge in [0.1, 0.15) is 18.0 Å². The molecular formula is C17H23NO4. The molecule has 1 aromatic rings. The zero-order valence-electron chi connectivity index (χ0n) is 13.2. The van der Waals surface area contributed by atoms with Gasteiger partial charge in [0, 0.05) is 18.8 Å². The Hall–Kier alpha value is -1.59. The second kappa shape index (κ2) is 6.67. The van der Waals surface area contributed by atoms with Crippen molar-refractivity contribution in [3.05, 3.63) is 29.8 Å². The number of hydrogen-bond acceptors (Lipinski definition) is 4. The van der Waals surface area contributed by atoms with Gasteiger partial charge in [-0.15, -0.1) is 0 Å². The molecule has 0 bridgehead atoms. The molecule has 22 heavy (non-hydrogen) atoms. The molecule has 3 atom stereocenters. The van der Waals surface area contributed by atoms with Gasteiger partial charge in [-0.05, 0) is 38.0 Å². The number of benzene rings is 1. The molecule has 0 spiro atoms. The maximum atomic E-state index is 12.9. The number of nitrogens with zero attached hydrogens (tertiary/aromatic N) is 1. The highest BCUT2D eigenvalue weighted by Crippen LogP contribution is 2.32. The molecule has 0 aromatic heterocycles. The van der Waals surface area contributed by atoms with Crippen molar-refractivity contribution in [1.82, 2.24) is 4.90 Å². The first-order chi connectivity index (χ1) is 10.7. The summed E-state index contributed by atoms with van der Waals surface area (Å²) in [6, 6.07) is 7.42. The molecule has 5 heteroatoms. The molecule has 2 aliphatic rings. The third kappa shape index (κ3) is 2.83. The molecule has 2 fully saturated rings. The molecule has 3 rings (SSSR count). The van der Waals surface area contributed by atoms with Crippen LogP contribution in [0.3, 0.4) is 0 Å². The lowest BCUT2D eigenvalue weighted by Gasteiger charge is -2.32. The maximum absolute atomic E-state index is 12.9. The Morgan fingerprint density at radius 2 is 2.32 bits per heavy atom. The van der Waals surface area contributed by atoms with Crippen LogP contribution in [0.25, 0.3) is 0 Å². The molecule has 0 unspecified atom stereocenters. The van der Waals surface area contributed by atoms with Gasteiger partial charge in [0.15, 0.2) is 0 Å². The van der Waals surface area contributed by atoms with E-state index >= 15 is 0 Å². The number of rotatable bonds is 4. The van der Waals surface area contributed by atoms with Gasteiger partial charge in [-0.2, -0.15) is 0 Å². The van der Waals surface area contributed by atoms with Gasteiger partial charge >= 0.3 is 0 Å². The number of carbonyl (C=O) groups excluding carboxylic acids is 1. The summed E-state index contributed by atoms with van der Waals surface area (Å²) in [6.07, 6.45) is 1.94. The lowest BCUT2D eigenvalue weighted by atomic mass is 10.0. The van der Waals surface area contributed by atoms with Gasteiger partial charge < -0.3 is 19.1 Å². The summed E-state index contributed by atoms with van der Waals surface area (Å²) in [4.78, 5) is 14.8. The van der Waals surface area contributed by atoms with Crippen LogP contribution in [0.2, 0.25) is 0 Å². The smallest absolute Gasteiger partial charge is 0.254 e. The minimum atomic E-state index is -0.0233. The van der Waals surface area contributed by atoms with Crippen molar-refractivity contribution in [3.8, 4) is 5.75 Å². The molecule has 5 nitrogen and oxygen atoms in total. The molecule has 0 N–H and O–H groups in total. The van der Waals surface area contributed by atoms with Crippen LogP contribution < -0.4 is 4.74 Å². The van der Waals surface area contributed by atoms with E-state index in [0.717, 1.165) is 19.4 Å². The molecule has 0 radical (unpaired) electrons. The van der Waals surface area contributed by atoms with Crippen molar-refractivity contribution in [1.29, 1.82) is 0 Å². The van der Waals surface area contributed by atoms with Crippen LogP contribution in [0.15, 0.2) is 24.3 Å². The van der Waals surface area contributed by atoms with Gasteiger partial charge in [0.2, 0.25) is 0 Å². The molecule has 0 saturated carbocycles. The predicted octanol–water partition coefficient (Wildman–Crippen LogP) is 2.10. The summed E-state index contributed by atoms with van der Waals surface area (Å²) in [5.41, 5.74) is 0.654. The standard InChI is InChI=1S/C17H23NO4/c1-3-21-15-11-18(14-8-5-9-22-16(14)15)17(19)12-6-4-7-13(10-12)20-2/h4,6-7,10,14-16H,3,5,8-9,11H2,1-2H3/t14-,15+,16+/m0/s1. The number of fused-ring (bicyclic) bond motifs is 1. The van der Waals surface area contributed by atoms with Gasteiger partial charge in [-0.1, -0.05) is 6.07 Å². The average molecular weight is 305 g/mol. The Balaban J connectivity index is 1.81. The largest absolute Gasteiger partial charge is 0.497 e. The van der Waals surface area contributed by atoms with Crippen molar-refractivity contribution in [2.75, 3.05) is 26.9 Å². The minimum Gasteiger partial charge on any atom is -0.497 e. The first-order valence-corrected chi connectivity index (χ1v) is 7.92. The van der Waals surface area contributed by atoms with Crippen LogP contribution in [0.1, 0.15) is 30.1 Å². The van der Waals surface area contributed by atoms with E-state index in [0.29, 0.717) is 24.5 Å². The van der Waals surface area contributed by atoms with Crippen molar-refractivity contribution < 1.29 is 19.0 Å². The Morgan fingerprint density at radius 3 is 3.09 bits per heavy atom. The van der Waals surface area contributed by atoms with E-state index < -0.39 is 0 Å². The predicted molar refractivity (Wildman–Crippen MR) is 82.2 cm³/mol. The summed E-state index contributed by atoms with van der Waals surface area (Å²) in [5, 5.41) is 0. The summed E-state index contributed by atoms with van der Waals surface area (Å²) >= 11 is 0. The summed E-state index contributed by atoms with van der Waals surface area (Å²) < 4.78 is 16.9. The number of hydrogen-bond donors (Lipinski definition) is 0. The quantitative estimate of drug-likeness (QED) is 0.855. The summed E-state index contributed by atoms with van der Waals surface area (Å²) in [6.45, 7) is 3.97. The van der Waals surface area contributed by atoms with E-state index in [1.54, 1.807) is 13.2 Å². The highest BCUT2D eigenvalue weighted by Gasteiger charge is 2.46. The fourth-order valence-electron chi connectivity index (χ4n) is 3.43. The lowest BCUT2D eigenvalue weighted by molar-refractivity contribution is -0.0737. The Morgan fingerprint density at radius 1 is 1.45 bits per heavy atom. The second-order valence-electron chi connectivity index (χ2n) is 5.73. The van der Waals surface area contributed by atoms with Gasteiger partial charge in [0.25, 0.3) is 5.91 Å². The molecule has 1 aromatic carbocycles. The molecule has 2 saturated heterocycles. The minimum absolute atomic E-state index is 0.00302. The Kier molecular flexibility index (Phi) is 4.64. The topological polar surface area (TPSA) is 48.0 Å². The van der Waals surface area contributed by atoms with E-state index in [-0.39, 0.29) is 24.2 Å². The maximum Gasteiger partial charge on any atom is 0.254 e. The van der Waals surface area contributed by atoms with Crippen molar-refractivity contribution in [3.63, 3.8) is 0 Å². The fraction of sp³-hybridized carbons (Fsp3) is 0.588. The van der Waals surface area contributed by atoms with Gasteiger partial charge in [-0.3, -0.25) is 4.79 Å². The Bertz CT molecular complexity index is 533. The van der Waals surface area contributed by atoms with E-state index in [1.807, 2.05) is 30.0 Å². The highest BCUT2D eigenvalue weighted by molar-refractivity contribution is 5.95. The van der Waals surface area contributed by atoms with Crippen LogP contribution in [-0.4, -0.2) is 55.9 Å². The van der Waals surface area contributed by atoms with Crippen molar-refractivity contribution in [2.45, 2.75) is 38.0 Å². The zero-order chi connectivity index (χ0) is 15.5. The van der Waals surface area contributed by atoms with E-state index in [9.17, 15) is 4.79 Å². The molecule has 120 valence electrons. The van der Waals surface area contributed by atoms with Gasteiger partial charge in [0.05, 0.1) is 19.7 Å². The van der Waals surface area contributed by atoms with Crippen molar-refractivity contribution in [2.24, 2.45) is 0 Å². The molecular weight excluding hydrogens is 282 g/mol. The van der Waals surface area contributed by atoms with E-state index in [4.69, 9.17) is 14.2 Å².